The lowest BCUT2D eigenvalue weighted by Gasteiger charge is -2.31. The Hall–Kier alpha value is -4.59. The van der Waals surface area contributed by atoms with Crippen LogP contribution in [0.5, 0.6) is 0 Å². The number of pyridine rings is 2. The number of carbonyl (C=O) groups is 1. The van der Waals surface area contributed by atoms with Crippen LogP contribution in [0.3, 0.4) is 0 Å². The highest BCUT2D eigenvalue weighted by molar-refractivity contribution is 7.99. The number of carboxylic acid groups (broad SMARTS) is 1. The van der Waals surface area contributed by atoms with Gasteiger partial charge < -0.3 is 19.9 Å². The first-order valence-corrected chi connectivity index (χ1v) is 14.6. The molecule has 5 aromatic rings. The van der Waals surface area contributed by atoms with Crippen LogP contribution in [0.25, 0.3) is 22.0 Å². The topological polar surface area (TPSA) is 120 Å². The molecule has 4 heterocycles. The van der Waals surface area contributed by atoms with Gasteiger partial charge in [0.15, 0.2) is 5.16 Å². The third kappa shape index (κ3) is 5.62. The number of nitriles is 1. The van der Waals surface area contributed by atoms with Crippen molar-refractivity contribution >= 4 is 57.4 Å². The van der Waals surface area contributed by atoms with E-state index in [9.17, 15) is 15.2 Å². The van der Waals surface area contributed by atoms with Crippen molar-refractivity contribution in [2.45, 2.75) is 22.9 Å². The molecule has 3 aromatic heterocycles. The largest absolute Gasteiger partial charge is 0.481 e. The minimum absolute atomic E-state index is 0.279. The van der Waals surface area contributed by atoms with Gasteiger partial charge in [-0.15, -0.1) is 0 Å². The van der Waals surface area contributed by atoms with Gasteiger partial charge in [-0.05, 0) is 54.8 Å². The van der Waals surface area contributed by atoms with Gasteiger partial charge in [-0.2, -0.15) is 5.26 Å². The molecule has 0 radical (unpaired) electrons. The van der Waals surface area contributed by atoms with Crippen molar-refractivity contribution in [1.29, 1.82) is 5.26 Å². The second-order valence-electron chi connectivity index (χ2n) is 10.1. The van der Waals surface area contributed by atoms with E-state index < -0.39 is 5.97 Å². The second kappa shape index (κ2) is 11.7. The fraction of sp³-hybridized carbons (Fsp3) is 0.194. The van der Waals surface area contributed by atoms with Gasteiger partial charge >= 0.3 is 5.97 Å². The van der Waals surface area contributed by atoms with E-state index in [0.29, 0.717) is 42.2 Å². The molecule has 2 N–H and O–H groups in total. The van der Waals surface area contributed by atoms with E-state index in [1.165, 1.54) is 11.8 Å². The highest BCUT2D eigenvalue weighted by Gasteiger charge is 2.25. The van der Waals surface area contributed by atoms with Crippen LogP contribution < -0.4 is 10.2 Å². The summed E-state index contributed by atoms with van der Waals surface area (Å²) in [5.41, 5.74) is 4.47. The number of halogens is 1. The normalized spacial score (nSPS) is 13.7. The number of fused-ring (bicyclic) bond motifs is 1. The number of nitrogens with zero attached hydrogens (tertiary/aromatic N) is 6. The molecule has 210 valence electrons. The van der Waals surface area contributed by atoms with Gasteiger partial charge in [-0.1, -0.05) is 35.5 Å². The molecule has 6 rings (SSSR count). The van der Waals surface area contributed by atoms with Crippen molar-refractivity contribution in [2.75, 3.05) is 23.3 Å². The summed E-state index contributed by atoms with van der Waals surface area (Å²) in [4.78, 5) is 27.8. The molecule has 1 fully saturated rings. The van der Waals surface area contributed by atoms with Crippen molar-refractivity contribution in [3.63, 3.8) is 0 Å². The second-order valence-corrected chi connectivity index (χ2v) is 11.5. The van der Waals surface area contributed by atoms with Gasteiger partial charge in [0.25, 0.3) is 0 Å². The predicted octanol–water partition coefficient (Wildman–Crippen LogP) is 6.75. The smallest absolute Gasteiger partial charge is 0.306 e. The number of anilines is 3. The minimum Gasteiger partial charge on any atom is -0.481 e. The fourth-order valence-electron chi connectivity index (χ4n) is 5.05. The molecule has 2 aromatic carbocycles. The van der Waals surface area contributed by atoms with Crippen LogP contribution in [0, 0.1) is 17.2 Å². The Balaban J connectivity index is 1.23. The van der Waals surface area contributed by atoms with Crippen LogP contribution in [-0.4, -0.2) is 43.7 Å². The summed E-state index contributed by atoms with van der Waals surface area (Å²) in [6, 6.07) is 17.9. The molecule has 11 heteroatoms. The number of aliphatic carboxylic acids is 1. The van der Waals surface area contributed by atoms with Crippen LogP contribution in [0.4, 0.5) is 17.2 Å². The van der Waals surface area contributed by atoms with E-state index in [0.717, 1.165) is 43.6 Å². The number of piperidine rings is 1. The number of carboxylic acids is 1. The summed E-state index contributed by atoms with van der Waals surface area (Å²) in [6.07, 6.45) is 8.28. The molecular formula is C31H26ClN7O2S. The zero-order valence-electron chi connectivity index (χ0n) is 22.7. The fourth-order valence-corrected chi connectivity index (χ4v) is 6.15. The first-order valence-electron chi connectivity index (χ1n) is 13.4. The van der Waals surface area contributed by atoms with E-state index in [1.54, 1.807) is 12.4 Å². The maximum absolute atomic E-state index is 11.3. The van der Waals surface area contributed by atoms with Crippen molar-refractivity contribution in [2.24, 2.45) is 13.0 Å². The zero-order chi connectivity index (χ0) is 29.2. The Bertz CT molecular complexity index is 1830. The summed E-state index contributed by atoms with van der Waals surface area (Å²) in [7, 11) is 1.93. The Kier molecular flexibility index (Phi) is 7.69. The van der Waals surface area contributed by atoms with Gasteiger partial charge in [0.1, 0.15) is 11.9 Å². The lowest BCUT2D eigenvalue weighted by molar-refractivity contribution is -0.142. The van der Waals surface area contributed by atoms with Crippen molar-refractivity contribution in [3.05, 3.63) is 83.9 Å². The van der Waals surface area contributed by atoms with Gasteiger partial charge in [0, 0.05) is 66.5 Å². The summed E-state index contributed by atoms with van der Waals surface area (Å²) in [5.74, 6) is -0.158. The molecule has 0 atom stereocenters. The number of rotatable bonds is 7. The number of aryl methyl sites for hydroxylation is 1. The van der Waals surface area contributed by atoms with E-state index >= 15 is 0 Å². The maximum Gasteiger partial charge on any atom is 0.306 e. The van der Waals surface area contributed by atoms with Crippen LogP contribution >= 0.6 is 23.4 Å². The third-order valence-corrected chi connectivity index (χ3v) is 9.00. The molecule has 0 unspecified atom stereocenters. The third-order valence-electron chi connectivity index (χ3n) is 7.42. The summed E-state index contributed by atoms with van der Waals surface area (Å²) < 4.78 is 1.93. The molecule has 0 amide bonds. The molecule has 0 saturated carbocycles. The van der Waals surface area contributed by atoms with Gasteiger partial charge in [-0.25, -0.2) is 9.97 Å². The quantitative estimate of drug-likeness (QED) is 0.210. The van der Waals surface area contributed by atoms with Crippen LogP contribution in [0.15, 0.2) is 83.4 Å². The zero-order valence-corrected chi connectivity index (χ0v) is 24.2. The molecule has 9 nitrogen and oxygen atoms in total. The Labute approximate surface area is 251 Å². The Morgan fingerprint density at radius 2 is 1.88 bits per heavy atom. The highest BCUT2D eigenvalue weighted by Crippen LogP contribution is 2.37. The van der Waals surface area contributed by atoms with Gasteiger partial charge in [0.05, 0.1) is 27.7 Å². The van der Waals surface area contributed by atoms with Crippen LogP contribution in [0.2, 0.25) is 5.02 Å². The SMILES string of the molecule is Cn1ccnc1Sc1ccc(Nc2c(C#N)cnc3cc(-c4ccc(N5CCC(C(=O)O)CC5)nc4)ccc23)cc1Cl. The average molecular weight is 596 g/mol. The minimum atomic E-state index is -0.722. The summed E-state index contributed by atoms with van der Waals surface area (Å²) >= 11 is 8.10. The predicted molar refractivity (Wildman–Crippen MR) is 164 cm³/mol. The lowest BCUT2D eigenvalue weighted by atomic mass is 9.97. The first kappa shape index (κ1) is 27.6. The first-order chi connectivity index (χ1) is 20.4. The molecule has 0 spiro atoms. The Morgan fingerprint density at radius 3 is 2.55 bits per heavy atom. The summed E-state index contributed by atoms with van der Waals surface area (Å²) in [6.45, 7) is 1.36. The number of imidazole rings is 1. The maximum atomic E-state index is 11.3. The molecule has 0 bridgehead atoms. The standard InChI is InChI=1S/C31H26ClN7O2S/c1-38-13-10-34-31(38)42-27-6-4-23(15-25(27)32)37-29-22(16-33)18-35-26-14-20(2-5-24(26)29)21-3-7-28(36-17-21)39-11-8-19(9-12-39)30(40)41/h2-7,10,13-15,17-19H,8-9,11-12H2,1H3,(H,35,37)(H,40,41). The van der Waals surface area contributed by atoms with Crippen LogP contribution in [0.1, 0.15) is 18.4 Å². The molecular weight excluding hydrogens is 570 g/mol. The van der Waals surface area contributed by atoms with E-state index in [2.05, 4.69) is 31.2 Å². The van der Waals surface area contributed by atoms with Crippen molar-refractivity contribution in [1.82, 2.24) is 19.5 Å². The summed E-state index contributed by atoms with van der Waals surface area (Å²) in [5, 5.41) is 24.7. The molecule has 1 aliphatic rings. The number of hydrogen-bond acceptors (Lipinski definition) is 8. The number of nitrogens with one attached hydrogen (secondary N) is 1. The average Bonchev–Trinajstić information content (AvgIpc) is 3.42. The van der Waals surface area contributed by atoms with Crippen molar-refractivity contribution < 1.29 is 9.90 Å². The van der Waals surface area contributed by atoms with Crippen molar-refractivity contribution in [3.8, 4) is 17.2 Å². The molecule has 42 heavy (non-hydrogen) atoms. The molecule has 1 saturated heterocycles. The monoisotopic (exact) mass is 595 g/mol. The molecule has 0 aliphatic carbocycles. The van der Waals surface area contributed by atoms with Gasteiger partial charge in [0.2, 0.25) is 0 Å². The number of benzene rings is 2. The van der Waals surface area contributed by atoms with Gasteiger partial charge in [-0.3, -0.25) is 9.78 Å². The van der Waals surface area contributed by atoms with E-state index in [4.69, 9.17) is 11.6 Å². The Morgan fingerprint density at radius 1 is 1.07 bits per heavy atom. The number of hydrogen-bond donors (Lipinski definition) is 2. The highest BCUT2D eigenvalue weighted by atomic mass is 35.5. The molecule has 1 aliphatic heterocycles. The van der Waals surface area contributed by atoms with Crippen LogP contribution in [-0.2, 0) is 11.8 Å². The lowest BCUT2D eigenvalue weighted by Crippen LogP contribution is -2.36. The number of aromatic nitrogens is 4. The van der Waals surface area contributed by atoms with E-state index in [-0.39, 0.29) is 5.92 Å². The van der Waals surface area contributed by atoms with E-state index in [1.807, 2.05) is 72.5 Å².